The van der Waals surface area contributed by atoms with E-state index in [9.17, 15) is 20.2 Å². The number of nitro benzene ring substituents is 1. The fourth-order valence-electron chi connectivity index (χ4n) is 2.28. The third-order valence-corrected chi connectivity index (χ3v) is 3.79. The Balaban J connectivity index is 2.29. The van der Waals surface area contributed by atoms with Gasteiger partial charge in [0.05, 0.1) is 4.92 Å². The number of non-ortho nitro benzene ring substituents is 1. The van der Waals surface area contributed by atoms with Gasteiger partial charge in [-0.15, -0.1) is 0 Å². The number of carbonyl (C=O) groups is 1. The van der Waals surface area contributed by atoms with E-state index >= 15 is 0 Å². The second-order valence-corrected chi connectivity index (χ2v) is 6.67. The van der Waals surface area contributed by atoms with E-state index < -0.39 is 4.92 Å². The van der Waals surface area contributed by atoms with Crippen LogP contribution in [0.1, 0.15) is 42.3 Å². The molecule has 0 saturated carbocycles. The number of hydrogen-bond acceptors (Lipinski definition) is 4. The molecular formula is C20H18N2O3. The molecular weight excluding hydrogens is 316 g/mol. The molecule has 5 nitrogen and oxygen atoms in total. The summed E-state index contributed by atoms with van der Waals surface area (Å²) in [5.41, 5.74) is 2.01. The number of ketones is 1. The predicted octanol–water partition coefficient (Wildman–Crippen LogP) is 4.68. The Hall–Kier alpha value is -3.26. The van der Waals surface area contributed by atoms with E-state index in [1.807, 2.05) is 18.2 Å². The quantitative estimate of drug-likeness (QED) is 0.267. The van der Waals surface area contributed by atoms with E-state index in [2.05, 4.69) is 20.8 Å². The fraction of sp³-hybridized carbons (Fsp3) is 0.200. The molecule has 0 bridgehead atoms. The van der Waals surface area contributed by atoms with Crippen LogP contribution in [-0.4, -0.2) is 10.7 Å². The SMILES string of the molecule is CC(C)(C)c1ccc(C(=O)/C(C#N)=C/c2ccc([N+](=O)[O-])cc2)cc1. The van der Waals surface area contributed by atoms with Gasteiger partial charge in [0.15, 0.2) is 0 Å². The van der Waals surface area contributed by atoms with Crippen LogP contribution >= 0.6 is 0 Å². The molecule has 0 aliphatic rings. The summed E-state index contributed by atoms with van der Waals surface area (Å²) in [5, 5.41) is 20.0. The third-order valence-electron chi connectivity index (χ3n) is 3.79. The summed E-state index contributed by atoms with van der Waals surface area (Å²) in [6.07, 6.45) is 1.43. The van der Waals surface area contributed by atoms with Gasteiger partial charge in [0, 0.05) is 17.7 Å². The molecule has 0 saturated heterocycles. The summed E-state index contributed by atoms with van der Waals surface area (Å²) in [5.74, 6) is -0.374. The zero-order valence-corrected chi connectivity index (χ0v) is 14.3. The van der Waals surface area contributed by atoms with Gasteiger partial charge in [0.25, 0.3) is 5.69 Å². The summed E-state index contributed by atoms with van der Waals surface area (Å²) >= 11 is 0. The van der Waals surface area contributed by atoms with Crippen molar-refractivity contribution in [3.63, 3.8) is 0 Å². The number of carbonyl (C=O) groups excluding carboxylic acids is 1. The second kappa shape index (κ2) is 7.10. The van der Waals surface area contributed by atoms with Crippen LogP contribution in [0.3, 0.4) is 0 Å². The molecule has 0 atom stereocenters. The molecule has 126 valence electrons. The van der Waals surface area contributed by atoms with Gasteiger partial charge >= 0.3 is 0 Å². The van der Waals surface area contributed by atoms with Crippen molar-refractivity contribution in [1.82, 2.24) is 0 Å². The topological polar surface area (TPSA) is 84.0 Å². The molecule has 0 heterocycles. The summed E-state index contributed by atoms with van der Waals surface area (Å²) in [6, 6.07) is 14.8. The van der Waals surface area contributed by atoms with Crippen molar-refractivity contribution in [2.45, 2.75) is 26.2 Å². The van der Waals surface area contributed by atoms with E-state index in [4.69, 9.17) is 0 Å². The number of benzene rings is 2. The second-order valence-electron chi connectivity index (χ2n) is 6.67. The lowest BCUT2D eigenvalue weighted by Crippen LogP contribution is -2.11. The molecule has 0 unspecified atom stereocenters. The molecule has 2 rings (SSSR count). The van der Waals surface area contributed by atoms with Crippen LogP contribution in [0, 0.1) is 21.4 Å². The highest BCUT2D eigenvalue weighted by atomic mass is 16.6. The van der Waals surface area contributed by atoms with Crippen molar-refractivity contribution >= 4 is 17.5 Å². The van der Waals surface area contributed by atoms with E-state index in [1.54, 1.807) is 12.1 Å². The first-order chi connectivity index (χ1) is 11.7. The Morgan fingerprint density at radius 1 is 1.08 bits per heavy atom. The van der Waals surface area contributed by atoms with Crippen LogP contribution in [0.15, 0.2) is 54.1 Å². The van der Waals surface area contributed by atoms with Crippen molar-refractivity contribution in [2.75, 3.05) is 0 Å². The molecule has 0 aliphatic heterocycles. The molecule has 2 aromatic carbocycles. The molecule has 0 aliphatic carbocycles. The molecule has 0 aromatic heterocycles. The maximum atomic E-state index is 12.5. The van der Waals surface area contributed by atoms with Crippen molar-refractivity contribution in [3.8, 4) is 6.07 Å². The highest BCUT2D eigenvalue weighted by molar-refractivity contribution is 6.14. The molecule has 2 aromatic rings. The van der Waals surface area contributed by atoms with Gasteiger partial charge in [-0.1, -0.05) is 45.0 Å². The minimum absolute atomic E-state index is 0.0163. The summed E-state index contributed by atoms with van der Waals surface area (Å²) in [4.78, 5) is 22.7. The van der Waals surface area contributed by atoms with Gasteiger partial charge in [-0.25, -0.2) is 0 Å². The lowest BCUT2D eigenvalue weighted by Gasteiger charge is -2.18. The Labute approximate surface area is 146 Å². The van der Waals surface area contributed by atoms with Crippen molar-refractivity contribution in [2.24, 2.45) is 0 Å². The number of rotatable bonds is 4. The standard InChI is InChI=1S/C20H18N2O3/c1-20(2,3)17-8-6-15(7-9-17)19(23)16(13-21)12-14-4-10-18(11-5-14)22(24)25/h4-12H,1-3H3/b16-12+. The smallest absolute Gasteiger partial charge is 0.269 e. The van der Waals surface area contributed by atoms with Gasteiger partial charge < -0.3 is 0 Å². The molecule has 5 heteroatoms. The van der Waals surface area contributed by atoms with Crippen LogP contribution in [-0.2, 0) is 5.41 Å². The Kier molecular flexibility index (Phi) is 5.14. The van der Waals surface area contributed by atoms with Crippen molar-refractivity contribution < 1.29 is 9.72 Å². The number of Topliss-reactive ketones (excluding diaryl/α,β-unsaturated/α-hetero) is 1. The molecule has 0 fully saturated rings. The van der Waals surface area contributed by atoms with Crippen molar-refractivity contribution in [1.29, 1.82) is 5.26 Å². The average Bonchev–Trinajstić information content (AvgIpc) is 2.59. The van der Waals surface area contributed by atoms with E-state index in [-0.39, 0.29) is 22.5 Å². The zero-order chi connectivity index (χ0) is 18.6. The van der Waals surface area contributed by atoms with Crippen LogP contribution in [0.2, 0.25) is 0 Å². The third kappa shape index (κ3) is 4.39. The van der Waals surface area contributed by atoms with Gasteiger partial charge in [-0.2, -0.15) is 5.26 Å². The Morgan fingerprint density at radius 3 is 2.08 bits per heavy atom. The molecule has 0 N–H and O–H groups in total. The molecule has 0 radical (unpaired) electrons. The van der Waals surface area contributed by atoms with Crippen LogP contribution in [0.25, 0.3) is 6.08 Å². The lowest BCUT2D eigenvalue weighted by molar-refractivity contribution is -0.384. The minimum atomic E-state index is -0.499. The maximum absolute atomic E-state index is 12.5. The number of allylic oxidation sites excluding steroid dienone is 1. The lowest BCUT2D eigenvalue weighted by atomic mass is 9.86. The summed E-state index contributed by atoms with van der Waals surface area (Å²) in [6.45, 7) is 6.25. The first-order valence-electron chi connectivity index (χ1n) is 7.74. The molecule has 0 amide bonds. The van der Waals surface area contributed by atoms with Crippen LogP contribution in [0.4, 0.5) is 5.69 Å². The van der Waals surface area contributed by atoms with Crippen molar-refractivity contribution in [3.05, 3.63) is 80.9 Å². The van der Waals surface area contributed by atoms with Gasteiger partial charge in [-0.05, 0) is 34.8 Å². The van der Waals surface area contributed by atoms with Crippen LogP contribution < -0.4 is 0 Å². The number of hydrogen-bond donors (Lipinski definition) is 0. The highest BCUT2D eigenvalue weighted by Gasteiger charge is 2.16. The molecule has 0 spiro atoms. The van der Waals surface area contributed by atoms with E-state index in [1.165, 1.54) is 30.3 Å². The van der Waals surface area contributed by atoms with Crippen LogP contribution in [0.5, 0.6) is 0 Å². The van der Waals surface area contributed by atoms with E-state index in [0.717, 1.165) is 5.56 Å². The fourth-order valence-corrected chi connectivity index (χ4v) is 2.28. The first kappa shape index (κ1) is 18.1. The highest BCUT2D eigenvalue weighted by Crippen LogP contribution is 2.23. The number of nitriles is 1. The van der Waals surface area contributed by atoms with Gasteiger partial charge in [-0.3, -0.25) is 14.9 Å². The summed E-state index contributed by atoms with van der Waals surface area (Å²) in [7, 11) is 0. The first-order valence-corrected chi connectivity index (χ1v) is 7.74. The monoisotopic (exact) mass is 334 g/mol. The summed E-state index contributed by atoms with van der Waals surface area (Å²) < 4.78 is 0. The Bertz CT molecular complexity index is 865. The van der Waals surface area contributed by atoms with Gasteiger partial charge in [0.2, 0.25) is 5.78 Å². The molecule has 25 heavy (non-hydrogen) atoms. The maximum Gasteiger partial charge on any atom is 0.269 e. The van der Waals surface area contributed by atoms with Gasteiger partial charge in [0.1, 0.15) is 11.6 Å². The predicted molar refractivity (Wildman–Crippen MR) is 96.2 cm³/mol. The normalized spacial score (nSPS) is 11.7. The number of nitro groups is 1. The largest absolute Gasteiger partial charge is 0.288 e. The Morgan fingerprint density at radius 2 is 1.64 bits per heavy atom. The average molecular weight is 334 g/mol. The van der Waals surface area contributed by atoms with E-state index in [0.29, 0.717) is 11.1 Å². The zero-order valence-electron chi connectivity index (χ0n) is 14.3. The minimum Gasteiger partial charge on any atom is -0.288 e. The number of nitrogens with zero attached hydrogens (tertiary/aromatic N) is 2.